The van der Waals surface area contributed by atoms with Crippen LogP contribution in [0.25, 0.3) is 32.8 Å². The number of para-hydroxylation sites is 1. The predicted octanol–water partition coefficient (Wildman–Crippen LogP) is 4.85. The third kappa shape index (κ3) is 3.38. The van der Waals surface area contributed by atoms with E-state index >= 15 is 0 Å². The number of fused-ring (bicyclic) bond motifs is 3. The lowest BCUT2D eigenvalue weighted by molar-refractivity contribution is -0.120. The molecule has 0 spiro atoms. The number of carbonyl (C=O) groups excluding carboxylic acids is 1. The molecule has 5 aromatic rings. The summed E-state index contributed by atoms with van der Waals surface area (Å²) < 4.78 is 11.3. The first kappa shape index (κ1) is 20.1. The molecule has 0 aliphatic carbocycles. The molecule has 0 fully saturated rings. The van der Waals surface area contributed by atoms with Gasteiger partial charge < -0.3 is 19.1 Å². The number of aromatic nitrogens is 1. The third-order valence-electron chi connectivity index (χ3n) is 6.31. The Hall–Kier alpha value is -3.80. The van der Waals surface area contributed by atoms with Crippen LogP contribution in [0.4, 0.5) is 0 Å². The molecule has 2 aromatic carbocycles. The van der Waals surface area contributed by atoms with Crippen LogP contribution in [-0.4, -0.2) is 17.4 Å². The van der Waals surface area contributed by atoms with Crippen LogP contribution in [0.2, 0.25) is 0 Å². The highest BCUT2D eigenvalue weighted by molar-refractivity contribution is 5.97. The van der Waals surface area contributed by atoms with E-state index in [2.05, 4.69) is 16.4 Å². The van der Waals surface area contributed by atoms with Gasteiger partial charge in [-0.3, -0.25) is 4.79 Å². The molecule has 0 bridgehead atoms. The van der Waals surface area contributed by atoms with E-state index in [4.69, 9.17) is 8.83 Å². The van der Waals surface area contributed by atoms with Crippen LogP contribution in [0.3, 0.4) is 0 Å². The zero-order valence-electron chi connectivity index (χ0n) is 18.3. The van der Waals surface area contributed by atoms with Crippen molar-refractivity contribution in [1.82, 2.24) is 10.3 Å². The molecular weight excluding hydrogens is 404 g/mol. The minimum atomic E-state index is -0.485. The summed E-state index contributed by atoms with van der Waals surface area (Å²) in [7, 11) is 0. The van der Waals surface area contributed by atoms with Gasteiger partial charge in [-0.25, -0.2) is 4.79 Å². The van der Waals surface area contributed by atoms with Gasteiger partial charge in [0.15, 0.2) is 0 Å². The summed E-state index contributed by atoms with van der Waals surface area (Å²) >= 11 is 0. The Morgan fingerprint density at radius 2 is 1.72 bits per heavy atom. The smallest absolute Gasteiger partial charge is 0.340 e. The summed E-state index contributed by atoms with van der Waals surface area (Å²) in [6.45, 7) is 6.27. The highest BCUT2D eigenvalue weighted by Crippen LogP contribution is 2.31. The Morgan fingerprint density at radius 1 is 0.969 bits per heavy atom. The third-order valence-corrected chi connectivity index (χ3v) is 6.31. The van der Waals surface area contributed by atoms with Crippen LogP contribution in [-0.2, 0) is 17.6 Å². The summed E-state index contributed by atoms with van der Waals surface area (Å²) in [6, 6.07) is 11.8. The molecule has 2 N–H and O–H groups in total. The number of hydrogen-bond acceptors (Lipinski definition) is 4. The van der Waals surface area contributed by atoms with Crippen molar-refractivity contribution in [2.45, 2.75) is 33.6 Å². The van der Waals surface area contributed by atoms with Gasteiger partial charge in [0.1, 0.15) is 16.9 Å². The largest absolute Gasteiger partial charge is 0.461 e. The van der Waals surface area contributed by atoms with Gasteiger partial charge in [0.2, 0.25) is 5.91 Å². The molecule has 3 heterocycles. The van der Waals surface area contributed by atoms with Crippen molar-refractivity contribution in [3.8, 4) is 0 Å². The summed E-state index contributed by atoms with van der Waals surface area (Å²) in [5.41, 5.74) is 5.12. The van der Waals surface area contributed by atoms with E-state index in [1.54, 1.807) is 6.07 Å². The van der Waals surface area contributed by atoms with Crippen molar-refractivity contribution in [2.75, 3.05) is 6.54 Å². The van der Waals surface area contributed by atoms with Gasteiger partial charge >= 0.3 is 5.63 Å². The molecule has 6 heteroatoms. The lowest BCUT2D eigenvalue weighted by Gasteiger charge is -2.09. The number of benzene rings is 2. The molecule has 0 saturated carbocycles. The number of carbonyl (C=O) groups is 1. The maximum atomic E-state index is 12.6. The number of rotatable bonds is 5. The quantitative estimate of drug-likeness (QED) is 0.392. The van der Waals surface area contributed by atoms with Crippen LogP contribution >= 0.6 is 0 Å². The first-order chi connectivity index (χ1) is 15.4. The van der Waals surface area contributed by atoms with E-state index in [1.807, 2.05) is 51.2 Å². The van der Waals surface area contributed by atoms with Crippen molar-refractivity contribution in [1.29, 1.82) is 0 Å². The Kier molecular flexibility index (Phi) is 4.85. The summed E-state index contributed by atoms with van der Waals surface area (Å²) in [5.74, 6) is 0.640. The zero-order chi connectivity index (χ0) is 22.4. The molecular formula is C26H24N2O4. The number of amides is 1. The second-order valence-electron chi connectivity index (χ2n) is 8.26. The molecule has 162 valence electrons. The van der Waals surface area contributed by atoms with Crippen molar-refractivity contribution >= 4 is 38.7 Å². The maximum Gasteiger partial charge on any atom is 0.340 e. The summed E-state index contributed by atoms with van der Waals surface area (Å²) in [5, 5.41) is 5.90. The van der Waals surface area contributed by atoms with E-state index in [9.17, 15) is 9.59 Å². The highest BCUT2D eigenvalue weighted by atomic mass is 16.4. The van der Waals surface area contributed by atoms with Gasteiger partial charge in [-0.2, -0.15) is 0 Å². The fraction of sp³-hybridized carbons (Fsp3) is 0.231. The molecule has 3 aromatic heterocycles. The average molecular weight is 428 g/mol. The van der Waals surface area contributed by atoms with Crippen LogP contribution in [0, 0.1) is 20.8 Å². The van der Waals surface area contributed by atoms with Gasteiger partial charge in [-0.15, -0.1) is 0 Å². The van der Waals surface area contributed by atoms with Crippen LogP contribution < -0.4 is 10.9 Å². The molecule has 0 atom stereocenters. The monoisotopic (exact) mass is 428 g/mol. The average Bonchev–Trinajstić information content (AvgIpc) is 3.30. The molecule has 32 heavy (non-hydrogen) atoms. The second-order valence-corrected chi connectivity index (χ2v) is 8.26. The highest BCUT2D eigenvalue weighted by Gasteiger charge is 2.17. The van der Waals surface area contributed by atoms with E-state index in [-0.39, 0.29) is 12.3 Å². The van der Waals surface area contributed by atoms with Crippen molar-refractivity contribution in [3.63, 3.8) is 0 Å². The molecule has 6 nitrogen and oxygen atoms in total. The summed E-state index contributed by atoms with van der Waals surface area (Å²) in [6.07, 6.45) is 2.66. The van der Waals surface area contributed by atoms with Gasteiger partial charge in [0.25, 0.3) is 0 Å². The standard InChI is InChI=1S/C26H24N2O4/c1-14-16(3)31-23-12-24-20(10-19(14)23)15(2)21(26(30)32-24)11-25(29)27-9-8-17-13-28-22-7-5-4-6-18(17)22/h4-7,10,12-13,28H,8-9,11H2,1-3H3,(H,27,29). The number of hydrogen-bond donors (Lipinski definition) is 2. The van der Waals surface area contributed by atoms with Gasteiger partial charge in [0.05, 0.1) is 12.0 Å². The van der Waals surface area contributed by atoms with Crippen molar-refractivity contribution < 1.29 is 13.6 Å². The minimum absolute atomic E-state index is 0.0145. The number of aromatic amines is 1. The molecule has 0 unspecified atom stereocenters. The molecule has 1 amide bonds. The first-order valence-electron chi connectivity index (χ1n) is 10.7. The second kappa shape index (κ2) is 7.71. The van der Waals surface area contributed by atoms with Crippen LogP contribution in [0.15, 0.2) is 56.2 Å². The zero-order valence-corrected chi connectivity index (χ0v) is 18.3. The van der Waals surface area contributed by atoms with Gasteiger partial charge in [0, 0.05) is 40.5 Å². The Bertz CT molecular complexity index is 1550. The molecule has 5 rings (SSSR count). The van der Waals surface area contributed by atoms with Crippen molar-refractivity contribution in [2.24, 2.45) is 0 Å². The summed E-state index contributed by atoms with van der Waals surface area (Å²) in [4.78, 5) is 28.5. The lowest BCUT2D eigenvalue weighted by Crippen LogP contribution is -2.29. The minimum Gasteiger partial charge on any atom is -0.461 e. The maximum absolute atomic E-state index is 12.6. The topological polar surface area (TPSA) is 88.2 Å². The van der Waals surface area contributed by atoms with Gasteiger partial charge in [-0.1, -0.05) is 18.2 Å². The van der Waals surface area contributed by atoms with E-state index in [0.717, 1.165) is 44.1 Å². The van der Waals surface area contributed by atoms with Crippen molar-refractivity contribution in [3.05, 3.63) is 81.0 Å². The number of H-pyrrole nitrogens is 1. The van der Waals surface area contributed by atoms with Crippen LogP contribution in [0.1, 0.15) is 28.0 Å². The number of furan rings is 1. The first-order valence-corrected chi connectivity index (χ1v) is 10.7. The fourth-order valence-corrected chi connectivity index (χ4v) is 4.33. The Labute approximate surface area is 184 Å². The lowest BCUT2D eigenvalue weighted by atomic mass is 10.0. The molecule has 0 radical (unpaired) electrons. The molecule has 0 saturated heterocycles. The molecule has 0 aliphatic rings. The van der Waals surface area contributed by atoms with E-state index < -0.39 is 5.63 Å². The predicted molar refractivity (Wildman–Crippen MR) is 125 cm³/mol. The van der Waals surface area contributed by atoms with Crippen LogP contribution in [0.5, 0.6) is 0 Å². The van der Waals surface area contributed by atoms with Gasteiger partial charge in [-0.05, 0) is 56.0 Å². The number of aryl methyl sites for hydroxylation is 3. The Morgan fingerprint density at radius 3 is 2.56 bits per heavy atom. The Balaban J connectivity index is 1.35. The SMILES string of the molecule is Cc1oc2cc3oc(=O)c(CC(=O)NCCc4c[nH]c5ccccc45)c(C)c3cc2c1C. The normalized spacial score (nSPS) is 11.6. The van der Waals surface area contributed by atoms with E-state index in [1.165, 1.54) is 0 Å². The number of nitrogens with one attached hydrogen (secondary N) is 2. The van der Waals surface area contributed by atoms with E-state index in [0.29, 0.717) is 29.7 Å². The fourth-order valence-electron chi connectivity index (χ4n) is 4.33. The molecule has 0 aliphatic heterocycles.